The number of carbonyl (C=O) groups excluding carboxylic acids is 2. The Morgan fingerprint density at radius 1 is 1.24 bits per heavy atom. The number of thioether (sulfide) groups is 1. The van der Waals surface area contributed by atoms with Crippen molar-refractivity contribution in [1.29, 1.82) is 0 Å². The van der Waals surface area contributed by atoms with Gasteiger partial charge in [-0.15, -0.1) is 18.3 Å². The third kappa shape index (κ3) is 2.76. The summed E-state index contributed by atoms with van der Waals surface area (Å²) in [6.07, 6.45) is 7.80. The van der Waals surface area contributed by atoms with Crippen LogP contribution in [-0.4, -0.2) is 29.9 Å². The highest BCUT2D eigenvalue weighted by atomic mass is 32.2. The topological polar surface area (TPSA) is 52.6 Å². The molecule has 1 saturated heterocycles. The highest BCUT2D eigenvalue weighted by Crippen LogP contribution is 2.41. The lowest BCUT2D eigenvalue weighted by Crippen LogP contribution is -2.43. The Morgan fingerprint density at radius 3 is 2.67 bits per heavy atom. The number of allylic oxidation sites excluding steroid dienone is 1. The summed E-state index contributed by atoms with van der Waals surface area (Å²) in [5.74, 6) is 0.0115. The van der Waals surface area contributed by atoms with Crippen molar-refractivity contribution in [2.24, 2.45) is 5.41 Å². The average molecular weight is 308 g/mol. The van der Waals surface area contributed by atoms with E-state index >= 15 is 0 Å². The van der Waals surface area contributed by atoms with Gasteiger partial charge in [0.1, 0.15) is 12.2 Å². The number of ether oxygens (including phenoxy) is 2. The van der Waals surface area contributed by atoms with Gasteiger partial charge in [-0.2, -0.15) is 0 Å². The van der Waals surface area contributed by atoms with E-state index in [-0.39, 0.29) is 24.1 Å². The van der Waals surface area contributed by atoms with Crippen LogP contribution in [0.2, 0.25) is 0 Å². The van der Waals surface area contributed by atoms with Crippen molar-refractivity contribution >= 4 is 23.7 Å². The first-order valence-electron chi connectivity index (χ1n) is 7.53. The van der Waals surface area contributed by atoms with Crippen LogP contribution in [0.5, 0.6) is 0 Å². The van der Waals surface area contributed by atoms with E-state index in [1.54, 1.807) is 6.08 Å². The number of rotatable bonds is 1. The molecular weight excluding hydrogens is 288 g/mol. The minimum atomic E-state index is -0.692. The molecule has 3 rings (SSSR count). The molecule has 3 atom stereocenters. The van der Waals surface area contributed by atoms with Crippen molar-refractivity contribution in [3.63, 3.8) is 0 Å². The van der Waals surface area contributed by atoms with Crippen molar-refractivity contribution in [3.8, 4) is 0 Å². The predicted octanol–water partition coefficient (Wildman–Crippen LogP) is 2.98. The molecular formula is C16H20O4S. The quantitative estimate of drug-likeness (QED) is 0.550. The molecule has 21 heavy (non-hydrogen) atoms. The van der Waals surface area contributed by atoms with Gasteiger partial charge in [-0.25, -0.2) is 4.79 Å². The number of fused-ring (bicyclic) bond motifs is 4. The molecule has 0 aromatic rings. The summed E-state index contributed by atoms with van der Waals surface area (Å²) in [7, 11) is 0. The lowest BCUT2D eigenvalue weighted by molar-refractivity contribution is -0.174. The van der Waals surface area contributed by atoms with Crippen LogP contribution < -0.4 is 0 Å². The third-order valence-electron chi connectivity index (χ3n) is 4.56. The van der Waals surface area contributed by atoms with Crippen LogP contribution in [0.1, 0.15) is 38.5 Å². The zero-order valence-electron chi connectivity index (χ0n) is 12.0. The van der Waals surface area contributed by atoms with Crippen LogP contribution in [0.4, 0.5) is 0 Å². The Kier molecular flexibility index (Phi) is 4.11. The fourth-order valence-corrected chi connectivity index (χ4v) is 4.32. The summed E-state index contributed by atoms with van der Waals surface area (Å²) in [6, 6.07) is 0. The van der Waals surface area contributed by atoms with Gasteiger partial charge in [0.05, 0.1) is 10.3 Å². The summed E-state index contributed by atoms with van der Waals surface area (Å²) in [5, 5.41) is 0. The molecule has 0 aromatic carbocycles. The van der Waals surface area contributed by atoms with E-state index in [0.717, 1.165) is 25.7 Å². The van der Waals surface area contributed by atoms with Crippen molar-refractivity contribution in [2.45, 2.75) is 50.7 Å². The van der Waals surface area contributed by atoms with E-state index in [1.807, 2.05) is 6.08 Å². The molecule has 0 radical (unpaired) electrons. The van der Waals surface area contributed by atoms with E-state index in [2.05, 4.69) is 6.58 Å². The number of esters is 2. The molecule has 2 fully saturated rings. The van der Waals surface area contributed by atoms with Gasteiger partial charge in [-0.1, -0.05) is 12.2 Å². The SMILES string of the molecule is C=C[C@@]12CCC=C(SC1)C(=O)O[C@@H]1CCCC[C@H]1OC2=O. The van der Waals surface area contributed by atoms with Gasteiger partial charge in [0.15, 0.2) is 0 Å². The molecule has 0 amide bonds. The van der Waals surface area contributed by atoms with E-state index in [0.29, 0.717) is 23.5 Å². The summed E-state index contributed by atoms with van der Waals surface area (Å²) in [5.41, 5.74) is -0.692. The fourth-order valence-electron chi connectivity index (χ4n) is 3.13. The predicted molar refractivity (Wildman–Crippen MR) is 80.6 cm³/mol. The molecule has 2 bridgehead atoms. The second-order valence-corrected chi connectivity index (χ2v) is 6.95. The maximum atomic E-state index is 12.7. The smallest absolute Gasteiger partial charge is 0.344 e. The molecule has 2 heterocycles. The Bertz CT molecular complexity index is 499. The third-order valence-corrected chi connectivity index (χ3v) is 5.87. The van der Waals surface area contributed by atoms with Gasteiger partial charge in [0.25, 0.3) is 0 Å². The fraction of sp³-hybridized carbons (Fsp3) is 0.625. The Morgan fingerprint density at radius 2 is 1.95 bits per heavy atom. The molecule has 2 aliphatic heterocycles. The van der Waals surface area contributed by atoms with Gasteiger partial charge >= 0.3 is 11.9 Å². The molecule has 3 aliphatic rings. The van der Waals surface area contributed by atoms with Gasteiger partial charge in [0.2, 0.25) is 0 Å². The molecule has 0 N–H and O–H groups in total. The van der Waals surface area contributed by atoms with Gasteiger partial charge in [0, 0.05) is 5.75 Å². The first kappa shape index (κ1) is 14.7. The summed E-state index contributed by atoms with van der Waals surface area (Å²) < 4.78 is 11.3. The Labute approximate surface area is 128 Å². The average Bonchev–Trinajstić information content (AvgIpc) is 2.72. The van der Waals surface area contributed by atoms with Crippen LogP contribution in [0, 0.1) is 5.41 Å². The van der Waals surface area contributed by atoms with Gasteiger partial charge < -0.3 is 9.47 Å². The Balaban J connectivity index is 1.94. The highest BCUT2D eigenvalue weighted by molar-refractivity contribution is 8.04. The lowest BCUT2D eigenvalue weighted by Gasteiger charge is -2.35. The van der Waals surface area contributed by atoms with E-state index < -0.39 is 5.41 Å². The van der Waals surface area contributed by atoms with E-state index in [9.17, 15) is 9.59 Å². The number of hydrogen-bond acceptors (Lipinski definition) is 5. The standard InChI is InChI=1S/C16H20O4S/c1-2-16-9-5-8-13(21-10-16)14(17)19-11-6-3-4-7-12(11)20-15(16)18/h2,8,11-12H,1,3-7,9-10H2/t11-,12-,16-/m1/s1. The number of carbonyl (C=O) groups is 2. The van der Waals surface area contributed by atoms with E-state index in [1.165, 1.54) is 11.8 Å². The maximum absolute atomic E-state index is 12.7. The van der Waals surface area contributed by atoms with Crippen molar-refractivity contribution in [1.82, 2.24) is 0 Å². The van der Waals surface area contributed by atoms with Crippen LogP contribution in [0.3, 0.4) is 0 Å². The molecule has 1 aliphatic carbocycles. The molecule has 114 valence electrons. The second kappa shape index (κ2) is 5.87. The molecule has 1 saturated carbocycles. The van der Waals surface area contributed by atoms with Crippen molar-refractivity contribution < 1.29 is 19.1 Å². The molecule has 0 spiro atoms. The zero-order valence-corrected chi connectivity index (χ0v) is 12.8. The van der Waals surface area contributed by atoms with Gasteiger partial charge in [-0.05, 0) is 38.5 Å². The lowest BCUT2D eigenvalue weighted by atomic mass is 9.85. The van der Waals surface area contributed by atoms with Gasteiger partial charge in [-0.3, -0.25) is 4.79 Å². The Hall–Kier alpha value is -1.23. The first-order chi connectivity index (χ1) is 10.1. The molecule has 0 unspecified atom stereocenters. The molecule has 4 nitrogen and oxygen atoms in total. The second-order valence-electron chi connectivity index (χ2n) is 5.93. The summed E-state index contributed by atoms with van der Waals surface area (Å²) >= 11 is 1.38. The highest BCUT2D eigenvalue weighted by Gasteiger charge is 2.43. The largest absolute Gasteiger partial charge is 0.458 e. The summed E-state index contributed by atoms with van der Waals surface area (Å²) in [6.45, 7) is 3.84. The number of hydrogen-bond donors (Lipinski definition) is 0. The molecule has 0 aromatic heterocycles. The van der Waals surface area contributed by atoms with Crippen LogP contribution in [0.15, 0.2) is 23.6 Å². The first-order valence-corrected chi connectivity index (χ1v) is 8.52. The normalized spacial score (nSPS) is 36.7. The van der Waals surface area contributed by atoms with Crippen molar-refractivity contribution in [3.05, 3.63) is 23.6 Å². The zero-order chi connectivity index (χ0) is 14.9. The van der Waals surface area contributed by atoms with Crippen molar-refractivity contribution in [2.75, 3.05) is 5.75 Å². The maximum Gasteiger partial charge on any atom is 0.344 e. The van der Waals surface area contributed by atoms with Crippen LogP contribution in [-0.2, 0) is 19.1 Å². The minimum absolute atomic E-state index is 0.213. The van der Waals surface area contributed by atoms with Crippen LogP contribution in [0.25, 0.3) is 0 Å². The monoisotopic (exact) mass is 308 g/mol. The van der Waals surface area contributed by atoms with Crippen LogP contribution >= 0.6 is 11.8 Å². The minimum Gasteiger partial charge on any atom is -0.458 e. The molecule has 5 heteroatoms. The summed E-state index contributed by atoms with van der Waals surface area (Å²) in [4.78, 5) is 25.6. The van der Waals surface area contributed by atoms with E-state index in [4.69, 9.17) is 9.47 Å².